The molecule has 0 aliphatic carbocycles. The van der Waals surface area contributed by atoms with E-state index < -0.39 is 46.4 Å². The number of carboxylic acid groups (broad SMARTS) is 3. The average molecular weight is 810 g/mol. The summed E-state index contributed by atoms with van der Waals surface area (Å²) in [6.45, 7) is 2.65. The van der Waals surface area contributed by atoms with E-state index in [1.54, 1.807) is 26.8 Å². The van der Waals surface area contributed by atoms with Crippen molar-refractivity contribution < 1.29 is 49.5 Å². The normalized spacial score (nSPS) is 19.3. The lowest BCUT2D eigenvalue weighted by Crippen LogP contribution is -2.48. The lowest BCUT2D eigenvalue weighted by Gasteiger charge is -2.33. The van der Waals surface area contributed by atoms with Gasteiger partial charge in [0.05, 0.1) is 37.1 Å². The number of aromatic nitrogens is 2. The highest BCUT2D eigenvalue weighted by Gasteiger charge is 2.53. The number of aliphatic imine (C=N–C) groups is 1. The van der Waals surface area contributed by atoms with Gasteiger partial charge in [-0.05, 0) is 42.0 Å². The number of phenols is 1. The number of aromatic amines is 1. The zero-order valence-corrected chi connectivity index (χ0v) is 31.0. The molecule has 1 fully saturated rings. The van der Waals surface area contributed by atoms with Gasteiger partial charge in [0.15, 0.2) is 10.8 Å². The predicted octanol–water partition coefficient (Wildman–Crippen LogP) is -0.606. The number of hydrogen-bond donors (Lipinski definition) is 8. The maximum atomic E-state index is 13.0. The van der Waals surface area contributed by atoms with Gasteiger partial charge in [-0.2, -0.15) is 0 Å². The summed E-state index contributed by atoms with van der Waals surface area (Å²) < 4.78 is 5.67. The molecule has 4 heterocycles. The Morgan fingerprint density at radius 2 is 1.33 bits per heavy atom. The maximum absolute atomic E-state index is 13.0. The average Bonchev–Trinajstić information content (AvgIpc) is 3.65. The van der Waals surface area contributed by atoms with Crippen molar-refractivity contribution in [3.05, 3.63) is 79.6 Å². The van der Waals surface area contributed by atoms with Crippen molar-refractivity contribution in [2.75, 3.05) is 82.6 Å². The van der Waals surface area contributed by atoms with E-state index in [1.807, 2.05) is 17.1 Å². The maximum Gasteiger partial charge on any atom is 0.361 e. The number of nitrogens with zero attached hydrogens (tertiary/aromatic N) is 6. The van der Waals surface area contributed by atoms with Crippen LogP contribution in [0.1, 0.15) is 27.2 Å². The lowest BCUT2D eigenvalue weighted by atomic mass is 9.90. The fourth-order valence-corrected chi connectivity index (χ4v) is 7.13. The zero-order chi connectivity index (χ0) is 41.0. The Hall–Kier alpha value is -6.20. The van der Waals surface area contributed by atoms with E-state index in [1.165, 1.54) is 12.1 Å². The highest BCUT2D eigenvalue weighted by molar-refractivity contribution is 7.80. The van der Waals surface area contributed by atoms with Crippen molar-refractivity contribution in [1.29, 1.82) is 0 Å². The molecule has 1 spiro atoms. The SMILES string of the molecule is O=C(O)CN1CCN(CC(=O)O)CCN(Cc2ccc(NC(=S)Nc3cc4c(cc3O)C3(C=Nc5c3n(O)c(=O)[nH]c5=O)OC4=O)cc2)CCN(CC(=O)O)CC1. The second kappa shape index (κ2) is 16.9. The molecule has 1 saturated heterocycles. The first-order valence-corrected chi connectivity index (χ1v) is 18.0. The highest BCUT2D eigenvalue weighted by Crippen LogP contribution is 2.48. The summed E-state index contributed by atoms with van der Waals surface area (Å²) in [6, 6.07) is 9.69. The summed E-state index contributed by atoms with van der Waals surface area (Å²) in [5.74, 6) is -4.30. The van der Waals surface area contributed by atoms with Crippen LogP contribution in [0.15, 0.2) is 51.0 Å². The van der Waals surface area contributed by atoms with Crippen LogP contribution in [0.4, 0.5) is 17.1 Å². The molecule has 2 aromatic carbocycles. The highest BCUT2D eigenvalue weighted by atomic mass is 32.1. The molecule has 1 aromatic heterocycles. The molecule has 1 atom stereocenters. The number of carbonyl (C=O) groups is 4. The second-order valence-corrected chi connectivity index (χ2v) is 14.0. The Kier molecular flexibility index (Phi) is 12.0. The minimum atomic E-state index is -1.94. The molecule has 3 aliphatic heterocycles. The number of aliphatic carboxylic acids is 3. The van der Waals surface area contributed by atoms with Gasteiger partial charge in [0.1, 0.15) is 11.4 Å². The molecule has 0 radical (unpaired) electrons. The van der Waals surface area contributed by atoms with Crippen LogP contribution in [0.5, 0.6) is 5.75 Å². The number of fused-ring (bicyclic) bond motifs is 4. The van der Waals surface area contributed by atoms with E-state index in [0.29, 0.717) is 64.6 Å². The number of carboxylic acids is 3. The number of ether oxygens (including phenoxy) is 1. The van der Waals surface area contributed by atoms with Crippen molar-refractivity contribution in [2.24, 2.45) is 4.99 Å². The molecule has 22 heteroatoms. The van der Waals surface area contributed by atoms with E-state index in [0.717, 1.165) is 11.8 Å². The van der Waals surface area contributed by atoms with Gasteiger partial charge in [-0.25, -0.2) is 14.6 Å². The number of H-pyrrole nitrogens is 1. The molecule has 57 heavy (non-hydrogen) atoms. The molecule has 3 aromatic rings. The largest absolute Gasteiger partial charge is 0.506 e. The Morgan fingerprint density at radius 3 is 1.86 bits per heavy atom. The van der Waals surface area contributed by atoms with Crippen molar-refractivity contribution in [2.45, 2.75) is 12.1 Å². The molecule has 0 bridgehead atoms. The molecular formula is C35H39N9O12S. The summed E-state index contributed by atoms with van der Waals surface area (Å²) in [4.78, 5) is 85.3. The zero-order valence-electron chi connectivity index (χ0n) is 30.2. The molecular weight excluding hydrogens is 771 g/mol. The van der Waals surface area contributed by atoms with Gasteiger partial charge in [-0.3, -0.25) is 43.8 Å². The van der Waals surface area contributed by atoms with Gasteiger partial charge in [-0.15, -0.1) is 4.73 Å². The van der Waals surface area contributed by atoms with E-state index in [2.05, 4.69) is 20.5 Å². The number of hydrogen-bond acceptors (Lipinski definition) is 15. The van der Waals surface area contributed by atoms with Gasteiger partial charge in [-0.1, -0.05) is 12.1 Å². The molecule has 1 unspecified atom stereocenters. The van der Waals surface area contributed by atoms with Crippen LogP contribution in [-0.2, 0) is 31.3 Å². The minimum Gasteiger partial charge on any atom is -0.506 e. The van der Waals surface area contributed by atoms with Crippen LogP contribution >= 0.6 is 12.2 Å². The Bertz CT molecular complexity index is 2210. The topological polar surface area (TPSA) is 283 Å². The first kappa shape index (κ1) is 40.5. The van der Waals surface area contributed by atoms with E-state index in [4.69, 9.17) is 17.0 Å². The summed E-state index contributed by atoms with van der Waals surface area (Å²) in [7, 11) is 0. The van der Waals surface area contributed by atoms with Gasteiger partial charge < -0.3 is 41.0 Å². The molecule has 6 rings (SSSR count). The molecule has 302 valence electrons. The number of thiocarbonyl (C=S) groups is 1. The number of aromatic hydroxyl groups is 1. The van der Waals surface area contributed by atoms with Gasteiger partial charge in [0, 0.05) is 70.2 Å². The quantitative estimate of drug-likeness (QED) is 0.0549. The predicted molar refractivity (Wildman–Crippen MR) is 205 cm³/mol. The van der Waals surface area contributed by atoms with Gasteiger partial charge >= 0.3 is 29.6 Å². The van der Waals surface area contributed by atoms with Crippen LogP contribution in [0.2, 0.25) is 0 Å². The third kappa shape index (κ3) is 9.27. The Labute approximate surface area is 328 Å². The van der Waals surface area contributed by atoms with Crippen LogP contribution < -0.4 is 21.9 Å². The Morgan fingerprint density at radius 1 is 0.807 bits per heavy atom. The summed E-state index contributed by atoms with van der Waals surface area (Å²) in [5.41, 5.74) is -3.27. The second-order valence-electron chi connectivity index (χ2n) is 13.6. The van der Waals surface area contributed by atoms with Crippen molar-refractivity contribution in [3.63, 3.8) is 0 Å². The van der Waals surface area contributed by atoms with E-state index in [-0.39, 0.29) is 57.7 Å². The van der Waals surface area contributed by atoms with Crippen molar-refractivity contribution >= 4 is 64.5 Å². The molecule has 0 amide bonds. The fourth-order valence-electron chi connectivity index (χ4n) is 6.90. The molecule has 8 N–H and O–H groups in total. The van der Waals surface area contributed by atoms with Crippen LogP contribution in [0.3, 0.4) is 0 Å². The third-order valence-corrected chi connectivity index (χ3v) is 9.88. The standard InChI is InChI=1S/C35H39N9O12S/c45-25-14-23-22(32(53)56-35(23)19-36-29-30(35)44(55)34(54)39-31(29)52)13-24(25)38-33(57)37-21-3-1-20(2-4-21)15-40-5-7-41(16-26(46)47)9-11-43(18-28(50)51)12-10-42(8-6-40)17-27(48)49/h1-4,13-14,19,45,55H,5-12,15-18H2,(H,46,47)(H,48,49)(H,50,51)(H2,37,38,57)(H,39,52,54). The fraction of sp³-hybridized carbons (Fsp3) is 0.371. The number of esters is 1. The van der Waals surface area contributed by atoms with E-state index in [9.17, 15) is 54.4 Å². The first-order valence-electron chi connectivity index (χ1n) is 17.6. The number of benzene rings is 2. The van der Waals surface area contributed by atoms with Crippen molar-refractivity contribution in [3.8, 4) is 5.75 Å². The smallest absolute Gasteiger partial charge is 0.361 e. The minimum absolute atomic E-state index is 0.0260. The molecule has 3 aliphatic rings. The molecule has 0 saturated carbocycles. The monoisotopic (exact) mass is 809 g/mol. The van der Waals surface area contributed by atoms with Gasteiger partial charge in [0.25, 0.3) is 5.56 Å². The van der Waals surface area contributed by atoms with Gasteiger partial charge in [0.2, 0.25) is 5.60 Å². The summed E-state index contributed by atoms with van der Waals surface area (Å²) in [5, 5.41) is 55.6. The molecule has 21 nitrogen and oxygen atoms in total. The lowest BCUT2D eigenvalue weighted by molar-refractivity contribution is -0.140. The number of phenolic OH excluding ortho intramolecular Hbond substituents is 1. The van der Waals surface area contributed by atoms with Crippen LogP contribution in [0, 0.1) is 0 Å². The number of rotatable bonds is 10. The number of anilines is 2. The third-order valence-electron chi connectivity index (χ3n) is 9.67. The van der Waals surface area contributed by atoms with Crippen molar-refractivity contribution in [1.82, 2.24) is 29.3 Å². The summed E-state index contributed by atoms with van der Waals surface area (Å²) >= 11 is 5.47. The number of nitrogens with one attached hydrogen (secondary N) is 3. The Balaban J connectivity index is 1.12. The summed E-state index contributed by atoms with van der Waals surface area (Å²) in [6.07, 6.45) is 1.09. The van der Waals surface area contributed by atoms with Crippen LogP contribution in [-0.4, -0.2) is 162 Å². The number of carbonyl (C=O) groups excluding carboxylic acids is 1. The first-order chi connectivity index (χ1) is 27.1. The van der Waals surface area contributed by atoms with Crippen LogP contribution in [0.25, 0.3) is 0 Å². The van der Waals surface area contributed by atoms with E-state index >= 15 is 0 Å².